The van der Waals surface area contributed by atoms with Crippen molar-refractivity contribution in [3.8, 4) is 5.69 Å². The van der Waals surface area contributed by atoms with E-state index in [0.717, 1.165) is 45.4 Å². The maximum Gasteiger partial charge on any atom is 0.264 e. The molecule has 0 spiro atoms. The molecule has 0 radical (unpaired) electrons. The normalized spacial score (nSPS) is 14.5. The lowest BCUT2D eigenvalue weighted by Gasteiger charge is -2.35. The quantitative estimate of drug-likeness (QED) is 0.476. The number of anilines is 1. The van der Waals surface area contributed by atoms with Gasteiger partial charge >= 0.3 is 0 Å². The van der Waals surface area contributed by atoms with Gasteiger partial charge in [-0.2, -0.15) is 5.10 Å². The van der Waals surface area contributed by atoms with Crippen LogP contribution < -0.4 is 4.90 Å². The fourth-order valence-electron chi connectivity index (χ4n) is 3.77. The molecular weight excluding hydrogens is 418 g/mol. The number of halogens is 1. The lowest BCUT2D eigenvalue weighted by atomic mass is 10.2. The summed E-state index contributed by atoms with van der Waals surface area (Å²) in [6.07, 6.45) is 1.80. The first kappa shape index (κ1) is 19.1. The van der Waals surface area contributed by atoms with Crippen LogP contribution in [-0.2, 0) is 0 Å². The van der Waals surface area contributed by atoms with Crippen LogP contribution in [0.3, 0.4) is 0 Å². The molecule has 0 aliphatic carbocycles. The van der Waals surface area contributed by atoms with Crippen molar-refractivity contribution in [2.24, 2.45) is 0 Å². The Balaban J connectivity index is 1.38. The summed E-state index contributed by atoms with van der Waals surface area (Å²) in [6, 6.07) is 15.5. The fourth-order valence-corrected chi connectivity index (χ4v) is 5.11. The zero-order valence-electron chi connectivity index (χ0n) is 16.5. The summed E-state index contributed by atoms with van der Waals surface area (Å²) >= 11 is 7.64. The van der Waals surface area contributed by atoms with E-state index in [4.69, 9.17) is 11.6 Å². The lowest BCUT2D eigenvalue weighted by Crippen LogP contribution is -2.48. The second kappa shape index (κ2) is 7.74. The largest absolute Gasteiger partial charge is 0.353 e. The molecule has 4 aromatic rings. The maximum absolute atomic E-state index is 13.2. The number of piperazine rings is 1. The first-order valence-corrected chi connectivity index (χ1v) is 11.0. The number of hydrogen-bond acceptors (Lipinski definition) is 5. The number of nitrogens with zero attached hydrogens (tertiary/aromatic N) is 5. The second-order valence-electron chi connectivity index (χ2n) is 7.27. The Morgan fingerprint density at radius 2 is 1.90 bits per heavy atom. The van der Waals surface area contributed by atoms with Gasteiger partial charge in [0.25, 0.3) is 5.91 Å². The molecule has 0 bridgehead atoms. The number of fused-ring (bicyclic) bond motifs is 1. The molecule has 3 aromatic heterocycles. The van der Waals surface area contributed by atoms with Gasteiger partial charge in [-0.3, -0.25) is 4.79 Å². The van der Waals surface area contributed by atoms with Gasteiger partial charge in [0, 0.05) is 42.8 Å². The molecule has 6 nitrogen and oxygen atoms in total. The lowest BCUT2D eigenvalue weighted by molar-refractivity contribution is 0.0751. The number of hydrogen-bond donors (Lipinski definition) is 0. The molecule has 1 aromatic carbocycles. The second-order valence-corrected chi connectivity index (χ2v) is 8.74. The smallest absolute Gasteiger partial charge is 0.264 e. The molecule has 0 saturated carbocycles. The van der Waals surface area contributed by atoms with Gasteiger partial charge in [0.05, 0.1) is 16.3 Å². The van der Waals surface area contributed by atoms with E-state index in [0.29, 0.717) is 18.1 Å². The van der Waals surface area contributed by atoms with Gasteiger partial charge in [0.15, 0.2) is 0 Å². The van der Waals surface area contributed by atoms with E-state index in [9.17, 15) is 4.79 Å². The van der Waals surface area contributed by atoms with Gasteiger partial charge in [-0.1, -0.05) is 23.7 Å². The summed E-state index contributed by atoms with van der Waals surface area (Å²) in [6.45, 7) is 4.90. The minimum absolute atomic E-state index is 0.0777. The molecule has 0 unspecified atom stereocenters. The van der Waals surface area contributed by atoms with Crippen LogP contribution in [0.4, 0.5) is 5.82 Å². The summed E-state index contributed by atoms with van der Waals surface area (Å²) in [5.74, 6) is 1.04. The van der Waals surface area contributed by atoms with Crippen LogP contribution in [0.15, 0.2) is 54.7 Å². The number of benzene rings is 1. The van der Waals surface area contributed by atoms with E-state index in [-0.39, 0.29) is 5.91 Å². The van der Waals surface area contributed by atoms with Crippen molar-refractivity contribution in [1.29, 1.82) is 0 Å². The van der Waals surface area contributed by atoms with Crippen molar-refractivity contribution in [3.05, 3.63) is 70.3 Å². The summed E-state index contributed by atoms with van der Waals surface area (Å²) < 4.78 is 1.87. The van der Waals surface area contributed by atoms with Gasteiger partial charge in [-0.05, 0) is 43.3 Å². The predicted octanol–water partition coefficient (Wildman–Crippen LogP) is 4.41. The number of rotatable bonds is 3. The minimum Gasteiger partial charge on any atom is -0.353 e. The van der Waals surface area contributed by atoms with Crippen LogP contribution in [0.1, 0.15) is 15.4 Å². The van der Waals surface area contributed by atoms with Gasteiger partial charge in [0.1, 0.15) is 10.6 Å². The van der Waals surface area contributed by atoms with Gasteiger partial charge < -0.3 is 9.80 Å². The number of pyridine rings is 1. The number of aromatic nitrogens is 3. The van der Waals surface area contributed by atoms with Crippen molar-refractivity contribution in [3.63, 3.8) is 0 Å². The fraction of sp³-hybridized carbons (Fsp3) is 0.227. The zero-order chi connectivity index (χ0) is 20.7. The van der Waals surface area contributed by atoms with Crippen molar-refractivity contribution in [2.75, 3.05) is 31.1 Å². The Morgan fingerprint density at radius 3 is 2.63 bits per heavy atom. The van der Waals surface area contributed by atoms with E-state index >= 15 is 0 Å². The third-order valence-corrected chi connectivity index (χ3v) is 6.68. The first-order valence-electron chi connectivity index (χ1n) is 9.80. The Bertz CT molecular complexity index is 1210. The highest BCUT2D eigenvalue weighted by atomic mass is 35.5. The van der Waals surface area contributed by atoms with Gasteiger partial charge in [-0.15, -0.1) is 11.3 Å². The maximum atomic E-state index is 13.2. The highest BCUT2D eigenvalue weighted by molar-refractivity contribution is 7.20. The van der Waals surface area contributed by atoms with E-state index < -0.39 is 0 Å². The molecule has 4 heterocycles. The molecule has 1 aliphatic rings. The highest BCUT2D eigenvalue weighted by Crippen LogP contribution is 2.32. The van der Waals surface area contributed by atoms with Crippen molar-refractivity contribution >= 4 is 44.9 Å². The van der Waals surface area contributed by atoms with Gasteiger partial charge in [-0.25, -0.2) is 9.67 Å². The molecule has 8 heteroatoms. The van der Waals surface area contributed by atoms with Crippen LogP contribution in [0.2, 0.25) is 5.02 Å². The van der Waals surface area contributed by atoms with Crippen molar-refractivity contribution in [2.45, 2.75) is 6.92 Å². The molecule has 0 N–H and O–H groups in total. The Kier molecular flexibility index (Phi) is 4.92. The zero-order valence-corrected chi connectivity index (χ0v) is 18.0. The predicted molar refractivity (Wildman–Crippen MR) is 121 cm³/mol. The Morgan fingerprint density at radius 1 is 1.07 bits per heavy atom. The number of carbonyl (C=O) groups is 1. The number of thiophene rings is 1. The summed E-state index contributed by atoms with van der Waals surface area (Å²) in [7, 11) is 0. The molecule has 1 aliphatic heterocycles. The van der Waals surface area contributed by atoms with E-state index in [1.54, 1.807) is 6.20 Å². The van der Waals surface area contributed by atoms with Gasteiger partial charge in [0.2, 0.25) is 0 Å². The van der Waals surface area contributed by atoms with Crippen LogP contribution in [0.25, 0.3) is 15.9 Å². The molecule has 30 heavy (non-hydrogen) atoms. The Labute approximate surface area is 183 Å². The van der Waals surface area contributed by atoms with E-state index in [1.165, 1.54) is 11.3 Å². The summed E-state index contributed by atoms with van der Waals surface area (Å²) in [4.78, 5) is 23.4. The third kappa shape index (κ3) is 3.44. The molecule has 0 atom stereocenters. The molecule has 1 amide bonds. The van der Waals surface area contributed by atoms with Crippen LogP contribution >= 0.6 is 22.9 Å². The van der Waals surface area contributed by atoms with Crippen molar-refractivity contribution in [1.82, 2.24) is 19.7 Å². The average molecular weight is 438 g/mol. The number of amides is 1. The average Bonchev–Trinajstić information content (AvgIpc) is 3.35. The Hall–Kier alpha value is -2.90. The number of carbonyl (C=O) groups excluding carboxylic acids is 1. The first-order chi connectivity index (χ1) is 14.6. The standard InChI is InChI=1S/C22H20ClN5OS/c1-15-18-14-19(30-22(18)28(25-15)17-6-4-5-16(23)13-17)21(29)27-11-9-26(10-12-27)20-7-2-3-8-24-20/h2-8,13-14H,9-12H2,1H3. The van der Waals surface area contributed by atoms with Crippen LogP contribution in [0.5, 0.6) is 0 Å². The van der Waals surface area contributed by atoms with E-state index in [2.05, 4.69) is 15.0 Å². The monoisotopic (exact) mass is 437 g/mol. The topological polar surface area (TPSA) is 54.3 Å². The molecule has 5 rings (SSSR count). The molecular formula is C22H20ClN5OS. The molecule has 1 saturated heterocycles. The van der Waals surface area contributed by atoms with Crippen molar-refractivity contribution < 1.29 is 4.79 Å². The number of aryl methyl sites for hydroxylation is 1. The molecule has 152 valence electrons. The summed E-state index contributed by atoms with van der Waals surface area (Å²) in [5, 5.41) is 6.32. The van der Waals surface area contributed by atoms with Crippen LogP contribution in [0, 0.1) is 6.92 Å². The SMILES string of the molecule is Cc1nn(-c2cccc(Cl)c2)c2sc(C(=O)N3CCN(c4ccccn4)CC3)cc12. The van der Waals surface area contributed by atoms with E-state index in [1.807, 2.05) is 65.0 Å². The third-order valence-electron chi connectivity index (χ3n) is 5.35. The minimum atomic E-state index is 0.0777. The molecule has 1 fully saturated rings. The van der Waals surface area contributed by atoms with Crippen LogP contribution in [-0.4, -0.2) is 51.8 Å². The highest BCUT2D eigenvalue weighted by Gasteiger charge is 2.25. The summed E-state index contributed by atoms with van der Waals surface area (Å²) in [5.41, 5.74) is 1.80.